The Morgan fingerprint density at radius 3 is 2.37 bits per heavy atom. The van der Waals surface area contributed by atoms with E-state index in [4.69, 9.17) is 0 Å². The minimum atomic E-state index is -4.23. The summed E-state index contributed by atoms with van der Waals surface area (Å²) in [5, 5.41) is 3.17. The summed E-state index contributed by atoms with van der Waals surface area (Å²) < 4.78 is 39.9. The van der Waals surface area contributed by atoms with Crippen LogP contribution in [0.15, 0.2) is 0 Å². The van der Waals surface area contributed by atoms with Gasteiger partial charge in [0.15, 0.2) is 0 Å². The molecule has 3 nitrogen and oxygen atoms in total. The van der Waals surface area contributed by atoms with Gasteiger partial charge in [-0.25, -0.2) is 0 Å². The molecule has 116 valence electrons. The van der Waals surface area contributed by atoms with Gasteiger partial charge in [0, 0.05) is 12.6 Å². The summed E-state index contributed by atoms with van der Waals surface area (Å²) in [7, 11) is 0. The third-order valence-corrected chi connectivity index (χ3v) is 3.01. The third-order valence-electron chi connectivity index (χ3n) is 3.01. The van der Waals surface area contributed by atoms with E-state index in [-0.39, 0.29) is 6.61 Å². The van der Waals surface area contributed by atoms with Gasteiger partial charge in [-0.05, 0) is 39.4 Å². The number of alkyl halides is 3. The number of halogens is 3. The molecule has 0 aromatic rings. The number of rotatable bonds is 11. The Morgan fingerprint density at radius 1 is 1.21 bits per heavy atom. The second-order valence-electron chi connectivity index (χ2n) is 4.69. The second-order valence-corrected chi connectivity index (χ2v) is 4.69. The molecule has 0 aromatic heterocycles. The van der Waals surface area contributed by atoms with Crippen molar-refractivity contribution in [3.05, 3.63) is 0 Å². The van der Waals surface area contributed by atoms with Gasteiger partial charge in [-0.15, -0.1) is 0 Å². The van der Waals surface area contributed by atoms with Crippen molar-refractivity contribution in [1.82, 2.24) is 10.2 Å². The molecule has 1 N–H and O–H groups in total. The van der Waals surface area contributed by atoms with Crippen molar-refractivity contribution in [3.8, 4) is 0 Å². The molecule has 0 aromatic carbocycles. The van der Waals surface area contributed by atoms with Crippen molar-refractivity contribution in [2.24, 2.45) is 0 Å². The SMILES string of the molecule is CCN(CC)CCCC(C)NCCOCC(F)(F)F. The molecule has 0 aliphatic carbocycles. The Morgan fingerprint density at radius 2 is 1.84 bits per heavy atom. The molecule has 19 heavy (non-hydrogen) atoms. The van der Waals surface area contributed by atoms with Crippen LogP contribution in [-0.2, 0) is 4.74 Å². The van der Waals surface area contributed by atoms with Gasteiger partial charge in [-0.3, -0.25) is 0 Å². The first kappa shape index (κ1) is 18.7. The van der Waals surface area contributed by atoms with E-state index < -0.39 is 12.8 Å². The van der Waals surface area contributed by atoms with Gasteiger partial charge in [-0.1, -0.05) is 13.8 Å². The van der Waals surface area contributed by atoms with Gasteiger partial charge in [0.05, 0.1) is 6.61 Å². The molecule has 0 bridgehead atoms. The van der Waals surface area contributed by atoms with E-state index >= 15 is 0 Å². The minimum absolute atomic E-state index is 0.0971. The van der Waals surface area contributed by atoms with Gasteiger partial charge >= 0.3 is 6.18 Å². The van der Waals surface area contributed by atoms with E-state index in [1.165, 1.54) is 0 Å². The molecule has 6 heteroatoms. The summed E-state index contributed by atoms with van der Waals surface area (Å²) in [5.74, 6) is 0. The van der Waals surface area contributed by atoms with Gasteiger partial charge in [0.25, 0.3) is 0 Å². The molecular formula is C13H27F3N2O. The zero-order chi connectivity index (χ0) is 14.7. The zero-order valence-electron chi connectivity index (χ0n) is 12.2. The van der Waals surface area contributed by atoms with Crippen LogP contribution < -0.4 is 5.32 Å². The smallest absolute Gasteiger partial charge is 0.371 e. The lowest BCUT2D eigenvalue weighted by Gasteiger charge is -2.19. The Balaban J connectivity index is 3.42. The van der Waals surface area contributed by atoms with E-state index in [1.54, 1.807) is 0 Å². The summed E-state index contributed by atoms with van der Waals surface area (Å²) in [6.07, 6.45) is -2.11. The highest BCUT2D eigenvalue weighted by Gasteiger charge is 2.27. The standard InChI is InChI=1S/C13H27F3N2O/c1-4-18(5-2)9-6-7-12(3)17-8-10-19-11-13(14,15)16/h12,17H,4-11H2,1-3H3. The third kappa shape index (κ3) is 12.4. The summed E-state index contributed by atoms with van der Waals surface area (Å²) in [5.41, 5.74) is 0. The maximum atomic E-state index is 11.8. The van der Waals surface area contributed by atoms with Crippen LogP contribution in [0.25, 0.3) is 0 Å². The van der Waals surface area contributed by atoms with Crippen molar-refractivity contribution in [3.63, 3.8) is 0 Å². The number of ether oxygens (including phenoxy) is 1. The van der Waals surface area contributed by atoms with Crippen LogP contribution in [0.4, 0.5) is 13.2 Å². The van der Waals surface area contributed by atoms with Gasteiger partial charge in [-0.2, -0.15) is 13.2 Å². The largest absolute Gasteiger partial charge is 0.411 e. The van der Waals surface area contributed by atoms with Crippen LogP contribution in [0.2, 0.25) is 0 Å². The van der Waals surface area contributed by atoms with Crippen LogP contribution in [0.5, 0.6) is 0 Å². The summed E-state index contributed by atoms with van der Waals surface area (Å²) in [6, 6.07) is 0.310. The topological polar surface area (TPSA) is 24.5 Å². The van der Waals surface area contributed by atoms with Crippen LogP contribution in [0, 0.1) is 0 Å². The van der Waals surface area contributed by atoms with E-state index in [2.05, 4.69) is 28.8 Å². The monoisotopic (exact) mass is 284 g/mol. The summed E-state index contributed by atoms with van der Waals surface area (Å²) in [6.45, 7) is 8.92. The fourth-order valence-electron chi connectivity index (χ4n) is 1.83. The predicted octanol–water partition coefficient (Wildman–Crippen LogP) is 2.67. The van der Waals surface area contributed by atoms with Crippen molar-refractivity contribution in [2.45, 2.75) is 45.8 Å². The Bertz CT molecular complexity index is 209. The van der Waals surface area contributed by atoms with Crippen LogP contribution in [-0.4, -0.2) is 56.5 Å². The average molecular weight is 284 g/mol. The number of hydrogen-bond acceptors (Lipinski definition) is 3. The van der Waals surface area contributed by atoms with Crippen LogP contribution in [0.1, 0.15) is 33.6 Å². The van der Waals surface area contributed by atoms with Crippen molar-refractivity contribution in [2.75, 3.05) is 39.4 Å². The van der Waals surface area contributed by atoms with Crippen LogP contribution in [0.3, 0.4) is 0 Å². The zero-order valence-corrected chi connectivity index (χ0v) is 12.2. The van der Waals surface area contributed by atoms with Gasteiger partial charge in [0.2, 0.25) is 0 Å². The molecule has 0 radical (unpaired) electrons. The fourth-order valence-corrected chi connectivity index (χ4v) is 1.83. The molecule has 1 unspecified atom stereocenters. The van der Waals surface area contributed by atoms with Crippen molar-refractivity contribution in [1.29, 1.82) is 0 Å². The lowest BCUT2D eigenvalue weighted by molar-refractivity contribution is -0.173. The number of hydrogen-bond donors (Lipinski definition) is 1. The summed E-state index contributed by atoms with van der Waals surface area (Å²) in [4.78, 5) is 2.36. The highest BCUT2D eigenvalue weighted by molar-refractivity contribution is 4.62. The first-order valence-electron chi connectivity index (χ1n) is 6.99. The molecule has 0 aliphatic rings. The maximum Gasteiger partial charge on any atom is 0.411 e. The fraction of sp³-hybridized carbons (Fsp3) is 1.00. The average Bonchev–Trinajstić information content (AvgIpc) is 2.33. The molecule has 0 rings (SSSR count). The molecule has 0 saturated heterocycles. The quantitative estimate of drug-likeness (QED) is 0.590. The normalized spacial score (nSPS) is 14.1. The second kappa shape index (κ2) is 10.5. The molecule has 0 amide bonds. The highest BCUT2D eigenvalue weighted by Crippen LogP contribution is 2.13. The van der Waals surface area contributed by atoms with E-state index in [1.807, 2.05) is 6.92 Å². The molecule has 0 aliphatic heterocycles. The number of nitrogens with one attached hydrogen (secondary N) is 1. The van der Waals surface area contributed by atoms with E-state index in [0.717, 1.165) is 32.5 Å². The van der Waals surface area contributed by atoms with Gasteiger partial charge in [0.1, 0.15) is 6.61 Å². The first-order chi connectivity index (χ1) is 8.89. The Kier molecular flexibility index (Phi) is 10.3. The molecule has 0 heterocycles. The maximum absolute atomic E-state index is 11.8. The first-order valence-corrected chi connectivity index (χ1v) is 6.99. The highest BCUT2D eigenvalue weighted by atomic mass is 19.4. The van der Waals surface area contributed by atoms with E-state index in [9.17, 15) is 13.2 Å². The van der Waals surface area contributed by atoms with Crippen LogP contribution >= 0.6 is 0 Å². The Hall–Kier alpha value is -0.330. The summed E-state index contributed by atoms with van der Waals surface area (Å²) >= 11 is 0. The van der Waals surface area contributed by atoms with Crippen molar-refractivity contribution >= 4 is 0 Å². The van der Waals surface area contributed by atoms with E-state index in [0.29, 0.717) is 12.6 Å². The number of nitrogens with zero attached hydrogens (tertiary/aromatic N) is 1. The molecule has 0 saturated carbocycles. The van der Waals surface area contributed by atoms with Gasteiger partial charge < -0.3 is 15.0 Å². The molecule has 0 fully saturated rings. The van der Waals surface area contributed by atoms with Crippen molar-refractivity contribution < 1.29 is 17.9 Å². The molecular weight excluding hydrogens is 257 g/mol. The molecule has 0 spiro atoms. The minimum Gasteiger partial charge on any atom is -0.371 e. The predicted molar refractivity (Wildman–Crippen MR) is 71.4 cm³/mol. The lowest BCUT2D eigenvalue weighted by atomic mass is 10.2. The lowest BCUT2D eigenvalue weighted by Crippen LogP contribution is -2.32. The Labute approximate surface area is 114 Å². The molecule has 1 atom stereocenters.